The van der Waals surface area contributed by atoms with Gasteiger partial charge in [0, 0.05) is 17.6 Å². The van der Waals surface area contributed by atoms with Crippen LogP contribution in [-0.2, 0) is 16.0 Å². The summed E-state index contributed by atoms with van der Waals surface area (Å²) in [7, 11) is 1.36. The monoisotopic (exact) mass is 217 g/mol. The molecule has 0 aliphatic carbocycles. The number of carbonyl (C=O) groups is 1. The number of ether oxygens (including phenoxy) is 1. The molecule has 4 nitrogen and oxygen atoms in total. The molecule has 0 radical (unpaired) electrons. The summed E-state index contributed by atoms with van der Waals surface area (Å²) in [6, 6.07) is 6.79. The van der Waals surface area contributed by atoms with E-state index in [0.29, 0.717) is 5.52 Å². The van der Waals surface area contributed by atoms with E-state index in [1.807, 2.05) is 6.07 Å². The molecule has 0 amide bonds. The SMILES string of the molecule is COC(=O)Cc1cnc2cc(O)ccc2c1. The lowest BCUT2D eigenvalue weighted by atomic mass is 10.1. The Balaban J connectivity index is 2.37. The first-order valence-corrected chi connectivity index (χ1v) is 4.83. The molecule has 0 spiro atoms. The van der Waals surface area contributed by atoms with Crippen LogP contribution in [0.3, 0.4) is 0 Å². The summed E-state index contributed by atoms with van der Waals surface area (Å²) in [5, 5.41) is 10.2. The van der Waals surface area contributed by atoms with Crippen molar-refractivity contribution in [1.82, 2.24) is 4.98 Å². The molecule has 4 heteroatoms. The van der Waals surface area contributed by atoms with E-state index in [-0.39, 0.29) is 18.1 Å². The lowest BCUT2D eigenvalue weighted by Crippen LogP contribution is -2.04. The van der Waals surface area contributed by atoms with Gasteiger partial charge in [0.2, 0.25) is 0 Å². The minimum Gasteiger partial charge on any atom is -0.508 e. The summed E-state index contributed by atoms with van der Waals surface area (Å²) < 4.78 is 4.58. The van der Waals surface area contributed by atoms with Gasteiger partial charge in [-0.3, -0.25) is 9.78 Å². The van der Waals surface area contributed by atoms with Crippen molar-refractivity contribution >= 4 is 16.9 Å². The molecule has 0 aliphatic heterocycles. The number of fused-ring (bicyclic) bond motifs is 1. The second-order valence-electron chi connectivity index (χ2n) is 3.47. The highest BCUT2D eigenvalue weighted by atomic mass is 16.5. The largest absolute Gasteiger partial charge is 0.508 e. The van der Waals surface area contributed by atoms with Crippen LogP contribution >= 0.6 is 0 Å². The molecule has 0 saturated heterocycles. The number of rotatable bonds is 2. The first kappa shape index (κ1) is 10.4. The number of carbonyl (C=O) groups excluding carboxylic acids is 1. The van der Waals surface area contributed by atoms with Crippen molar-refractivity contribution in [3.8, 4) is 5.75 Å². The fourth-order valence-corrected chi connectivity index (χ4v) is 1.49. The predicted molar refractivity (Wildman–Crippen MR) is 59.1 cm³/mol. The number of aromatic nitrogens is 1. The number of pyridine rings is 1. The van der Waals surface area contributed by atoms with Crippen LogP contribution < -0.4 is 0 Å². The van der Waals surface area contributed by atoms with Gasteiger partial charge in [0.25, 0.3) is 0 Å². The van der Waals surface area contributed by atoms with E-state index >= 15 is 0 Å². The van der Waals surface area contributed by atoms with Gasteiger partial charge < -0.3 is 9.84 Å². The Bertz CT molecular complexity index is 537. The zero-order valence-electron chi connectivity index (χ0n) is 8.80. The van der Waals surface area contributed by atoms with Gasteiger partial charge in [-0.1, -0.05) is 0 Å². The fourth-order valence-electron chi connectivity index (χ4n) is 1.49. The van der Waals surface area contributed by atoms with Crippen LogP contribution in [0.15, 0.2) is 30.5 Å². The first-order valence-electron chi connectivity index (χ1n) is 4.83. The summed E-state index contributed by atoms with van der Waals surface area (Å²) in [6.45, 7) is 0. The van der Waals surface area contributed by atoms with Crippen molar-refractivity contribution in [2.75, 3.05) is 7.11 Å². The van der Waals surface area contributed by atoms with Crippen molar-refractivity contribution in [3.63, 3.8) is 0 Å². The molecule has 0 fully saturated rings. The molecule has 16 heavy (non-hydrogen) atoms. The van der Waals surface area contributed by atoms with Gasteiger partial charge in [0.1, 0.15) is 5.75 Å². The quantitative estimate of drug-likeness (QED) is 0.777. The number of aromatic hydroxyl groups is 1. The number of esters is 1. The Kier molecular flexibility index (Phi) is 2.72. The molecule has 1 aromatic heterocycles. The van der Waals surface area contributed by atoms with E-state index in [9.17, 15) is 9.90 Å². The molecule has 0 unspecified atom stereocenters. The number of methoxy groups -OCH3 is 1. The third-order valence-corrected chi connectivity index (χ3v) is 2.30. The molecule has 1 heterocycles. The number of hydrogen-bond acceptors (Lipinski definition) is 4. The van der Waals surface area contributed by atoms with Crippen LogP contribution in [0.4, 0.5) is 0 Å². The highest BCUT2D eigenvalue weighted by molar-refractivity contribution is 5.81. The van der Waals surface area contributed by atoms with Gasteiger partial charge in [-0.15, -0.1) is 0 Å². The topological polar surface area (TPSA) is 59.4 Å². The van der Waals surface area contributed by atoms with Gasteiger partial charge in [-0.25, -0.2) is 0 Å². The maximum absolute atomic E-state index is 11.1. The van der Waals surface area contributed by atoms with Gasteiger partial charge in [0.05, 0.1) is 19.0 Å². The third-order valence-electron chi connectivity index (χ3n) is 2.30. The van der Waals surface area contributed by atoms with Gasteiger partial charge >= 0.3 is 5.97 Å². The second kappa shape index (κ2) is 4.18. The molecule has 0 atom stereocenters. The Morgan fingerprint density at radius 1 is 1.44 bits per heavy atom. The van der Waals surface area contributed by atoms with E-state index in [2.05, 4.69) is 9.72 Å². The van der Waals surface area contributed by atoms with Crippen LogP contribution in [-0.4, -0.2) is 23.2 Å². The summed E-state index contributed by atoms with van der Waals surface area (Å²) in [5.41, 5.74) is 1.50. The number of hydrogen-bond donors (Lipinski definition) is 1. The second-order valence-corrected chi connectivity index (χ2v) is 3.47. The smallest absolute Gasteiger partial charge is 0.310 e. The molecule has 0 bridgehead atoms. The summed E-state index contributed by atoms with van der Waals surface area (Å²) in [6.07, 6.45) is 1.82. The van der Waals surface area contributed by atoms with Crippen LogP contribution in [0.25, 0.3) is 10.9 Å². The minimum absolute atomic E-state index is 0.181. The normalized spacial score (nSPS) is 10.3. The average Bonchev–Trinajstić information content (AvgIpc) is 2.29. The van der Waals surface area contributed by atoms with Crippen LogP contribution in [0.2, 0.25) is 0 Å². The van der Waals surface area contributed by atoms with E-state index in [1.165, 1.54) is 7.11 Å². The summed E-state index contributed by atoms with van der Waals surface area (Å²) in [5.74, 6) is -0.111. The first-order chi connectivity index (χ1) is 7.69. The van der Waals surface area contributed by atoms with Crippen LogP contribution in [0.1, 0.15) is 5.56 Å². The maximum atomic E-state index is 11.1. The Hall–Kier alpha value is -2.10. The van der Waals surface area contributed by atoms with E-state index in [0.717, 1.165) is 10.9 Å². The third kappa shape index (κ3) is 2.11. The predicted octanol–water partition coefficient (Wildman–Crippen LogP) is 1.66. The lowest BCUT2D eigenvalue weighted by molar-refractivity contribution is -0.139. The molecule has 1 N–H and O–H groups in total. The van der Waals surface area contributed by atoms with E-state index < -0.39 is 0 Å². The lowest BCUT2D eigenvalue weighted by Gasteiger charge is -2.02. The number of phenols is 1. The molecule has 2 rings (SSSR count). The highest BCUT2D eigenvalue weighted by Crippen LogP contribution is 2.19. The van der Waals surface area contributed by atoms with E-state index in [1.54, 1.807) is 24.4 Å². The fraction of sp³-hybridized carbons (Fsp3) is 0.167. The summed E-state index contributed by atoms with van der Waals surface area (Å²) in [4.78, 5) is 15.2. The molecule has 0 aliphatic rings. The van der Waals surface area contributed by atoms with Gasteiger partial charge in [-0.05, 0) is 23.8 Å². The minimum atomic E-state index is -0.292. The van der Waals surface area contributed by atoms with E-state index in [4.69, 9.17) is 0 Å². The average molecular weight is 217 g/mol. The molecular formula is C12H11NO3. The number of phenolic OH excluding ortho intramolecular Hbond substituents is 1. The van der Waals surface area contributed by atoms with Crippen molar-refractivity contribution in [2.45, 2.75) is 6.42 Å². The Labute approximate surface area is 92.5 Å². The molecule has 82 valence electrons. The van der Waals surface area contributed by atoms with Crippen LogP contribution in [0.5, 0.6) is 5.75 Å². The highest BCUT2D eigenvalue weighted by Gasteiger charge is 2.04. The van der Waals surface area contributed by atoms with Crippen molar-refractivity contribution in [2.24, 2.45) is 0 Å². The zero-order chi connectivity index (χ0) is 11.5. The maximum Gasteiger partial charge on any atom is 0.310 e. The Morgan fingerprint density at radius 3 is 3.00 bits per heavy atom. The molecule has 0 saturated carbocycles. The Morgan fingerprint density at radius 2 is 2.25 bits per heavy atom. The molecule has 2 aromatic rings. The molecular weight excluding hydrogens is 206 g/mol. The zero-order valence-corrected chi connectivity index (χ0v) is 8.80. The van der Waals surface area contributed by atoms with Crippen molar-refractivity contribution < 1.29 is 14.6 Å². The molecule has 1 aromatic carbocycles. The standard InChI is InChI=1S/C12H11NO3/c1-16-12(15)5-8-4-9-2-3-10(14)6-11(9)13-7-8/h2-4,6-7,14H,5H2,1H3. The number of nitrogens with zero attached hydrogens (tertiary/aromatic N) is 1. The summed E-state index contributed by atoms with van der Waals surface area (Å²) >= 11 is 0. The van der Waals surface area contributed by atoms with Gasteiger partial charge in [0.15, 0.2) is 0 Å². The van der Waals surface area contributed by atoms with Gasteiger partial charge in [-0.2, -0.15) is 0 Å². The number of benzene rings is 1. The van der Waals surface area contributed by atoms with Crippen LogP contribution in [0, 0.1) is 0 Å². The van der Waals surface area contributed by atoms with Crippen molar-refractivity contribution in [3.05, 3.63) is 36.0 Å². The van der Waals surface area contributed by atoms with Crippen molar-refractivity contribution in [1.29, 1.82) is 0 Å².